The van der Waals surface area contributed by atoms with Crippen molar-refractivity contribution in [2.24, 2.45) is 0 Å². The van der Waals surface area contributed by atoms with Crippen LogP contribution in [0.4, 0.5) is 5.69 Å². The van der Waals surface area contributed by atoms with E-state index in [9.17, 15) is 9.59 Å². The highest BCUT2D eigenvalue weighted by atomic mass is 32.2. The minimum absolute atomic E-state index is 0.0240. The first kappa shape index (κ1) is 19.3. The summed E-state index contributed by atoms with van der Waals surface area (Å²) in [5, 5.41) is 0. The topological polar surface area (TPSA) is 49.9 Å². The molecule has 2 aromatic rings. The molecule has 0 fully saturated rings. The number of thioether (sulfide) groups is 1. The summed E-state index contributed by atoms with van der Waals surface area (Å²) in [5.41, 5.74) is 0.737. The molecule has 1 aliphatic heterocycles. The largest absolute Gasteiger partial charge is 0.476 e. The molecule has 0 saturated heterocycles. The number of rotatable bonds is 6. The van der Waals surface area contributed by atoms with Crippen molar-refractivity contribution >= 4 is 29.3 Å². The van der Waals surface area contributed by atoms with Gasteiger partial charge in [0.25, 0.3) is 5.91 Å². The lowest BCUT2D eigenvalue weighted by Gasteiger charge is -2.35. The molecule has 0 aliphatic carbocycles. The van der Waals surface area contributed by atoms with E-state index in [1.54, 1.807) is 36.8 Å². The summed E-state index contributed by atoms with van der Waals surface area (Å²) in [6, 6.07) is 17.6. The maximum atomic E-state index is 12.8. The van der Waals surface area contributed by atoms with Crippen molar-refractivity contribution in [2.45, 2.75) is 23.8 Å². The molecule has 142 valence electrons. The third kappa shape index (κ3) is 4.83. The SMILES string of the molecule is CN(C)C(=O)[C@@H]1CN(C(=O)CCCSc2ccccc2)c2ccccc2O1. The molecule has 0 spiro atoms. The number of fused-ring (bicyclic) bond motifs is 1. The zero-order chi connectivity index (χ0) is 19.2. The van der Waals surface area contributed by atoms with Crippen molar-refractivity contribution in [2.75, 3.05) is 31.3 Å². The first-order valence-electron chi connectivity index (χ1n) is 9.01. The smallest absolute Gasteiger partial charge is 0.265 e. The number of ether oxygens (including phenoxy) is 1. The van der Waals surface area contributed by atoms with Gasteiger partial charge in [-0.25, -0.2) is 0 Å². The fraction of sp³-hybridized carbons (Fsp3) is 0.333. The van der Waals surface area contributed by atoms with Gasteiger partial charge in [-0.05, 0) is 36.4 Å². The van der Waals surface area contributed by atoms with E-state index < -0.39 is 6.10 Å². The first-order valence-corrected chi connectivity index (χ1v) is 10.00. The molecule has 0 N–H and O–H groups in total. The van der Waals surface area contributed by atoms with Gasteiger partial charge < -0.3 is 14.5 Å². The van der Waals surface area contributed by atoms with Gasteiger partial charge in [0.15, 0.2) is 6.10 Å². The van der Waals surface area contributed by atoms with Crippen molar-refractivity contribution < 1.29 is 14.3 Å². The van der Waals surface area contributed by atoms with E-state index in [1.807, 2.05) is 36.4 Å². The fourth-order valence-electron chi connectivity index (χ4n) is 2.95. The highest BCUT2D eigenvalue weighted by Crippen LogP contribution is 2.34. The summed E-state index contributed by atoms with van der Waals surface area (Å²) in [7, 11) is 3.39. The molecule has 5 nitrogen and oxygen atoms in total. The number of carbonyl (C=O) groups is 2. The monoisotopic (exact) mass is 384 g/mol. The number of benzene rings is 2. The van der Waals surface area contributed by atoms with Crippen LogP contribution in [-0.2, 0) is 9.59 Å². The van der Waals surface area contributed by atoms with E-state index in [-0.39, 0.29) is 18.4 Å². The summed E-state index contributed by atoms with van der Waals surface area (Å²) in [5.74, 6) is 1.34. The average molecular weight is 385 g/mol. The van der Waals surface area contributed by atoms with Gasteiger partial charge in [-0.15, -0.1) is 11.8 Å². The molecule has 2 amide bonds. The molecule has 2 aromatic carbocycles. The van der Waals surface area contributed by atoms with E-state index in [0.717, 1.165) is 17.9 Å². The van der Waals surface area contributed by atoms with Gasteiger partial charge in [0.1, 0.15) is 5.75 Å². The van der Waals surface area contributed by atoms with Crippen molar-refractivity contribution in [3.8, 4) is 5.75 Å². The van der Waals surface area contributed by atoms with Gasteiger partial charge in [-0.3, -0.25) is 9.59 Å². The Morgan fingerprint density at radius 3 is 2.56 bits per heavy atom. The first-order chi connectivity index (χ1) is 13.1. The van der Waals surface area contributed by atoms with Gasteiger partial charge in [-0.2, -0.15) is 0 Å². The highest BCUT2D eigenvalue weighted by Gasteiger charge is 2.34. The Kier molecular flexibility index (Phi) is 6.40. The number of anilines is 1. The van der Waals surface area contributed by atoms with Crippen LogP contribution in [-0.4, -0.2) is 49.2 Å². The maximum absolute atomic E-state index is 12.8. The van der Waals surface area contributed by atoms with Crippen molar-refractivity contribution in [3.05, 3.63) is 54.6 Å². The molecule has 1 aliphatic rings. The van der Waals surface area contributed by atoms with Gasteiger partial charge in [-0.1, -0.05) is 30.3 Å². The predicted octanol–water partition coefficient (Wildman–Crippen LogP) is 3.44. The van der Waals surface area contributed by atoms with E-state index >= 15 is 0 Å². The molecular formula is C21H24N2O3S. The Hall–Kier alpha value is -2.47. The molecular weight excluding hydrogens is 360 g/mol. The summed E-state index contributed by atoms with van der Waals surface area (Å²) in [4.78, 5) is 29.6. The molecule has 0 saturated carbocycles. The Morgan fingerprint density at radius 1 is 1.11 bits per heavy atom. The van der Waals surface area contributed by atoms with Crippen LogP contribution in [0.2, 0.25) is 0 Å². The maximum Gasteiger partial charge on any atom is 0.265 e. The van der Waals surface area contributed by atoms with Crippen molar-refractivity contribution in [3.63, 3.8) is 0 Å². The van der Waals surface area contributed by atoms with Crippen LogP contribution < -0.4 is 9.64 Å². The Morgan fingerprint density at radius 2 is 1.81 bits per heavy atom. The van der Waals surface area contributed by atoms with Gasteiger partial charge in [0.2, 0.25) is 5.91 Å². The second-order valence-electron chi connectivity index (χ2n) is 6.58. The summed E-state index contributed by atoms with van der Waals surface area (Å²) in [6.07, 6.45) is 0.555. The summed E-state index contributed by atoms with van der Waals surface area (Å²) >= 11 is 1.75. The molecule has 3 rings (SSSR count). The zero-order valence-electron chi connectivity index (χ0n) is 15.6. The van der Waals surface area contributed by atoms with Gasteiger partial charge >= 0.3 is 0 Å². The van der Waals surface area contributed by atoms with Gasteiger partial charge in [0, 0.05) is 25.4 Å². The quantitative estimate of drug-likeness (QED) is 0.565. The molecule has 1 heterocycles. The second kappa shape index (κ2) is 8.95. The Labute approximate surface area is 164 Å². The minimum atomic E-state index is -0.669. The Bertz CT molecular complexity index is 795. The number of nitrogens with zero attached hydrogens (tertiary/aromatic N) is 2. The van der Waals surface area contributed by atoms with E-state index in [1.165, 1.54) is 9.80 Å². The Balaban J connectivity index is 1.62. The fourth-order valence-corrected chi connectivity index (χ4v) is 3.83. The summed E-state index contributed by atoms with van der Waals surface area (Å²) in [6.45, 7) is 0.249. The molecule has 27 heavy (non-hydrogen) atoms. The highest BCUT2D eigenvalue weighted by molar-refractivity contribution is 7.99. The zero-order valence-corrected chi connectivity index (χ0v) is 16.4. The lowest BCUT2D eigenvalue weighted by molar-refractivity contribution is -0.136. The standard InChI is InChI=1S/C21H24N2O3S/c1-22(2)21(25)19-15-23(17-11-6-7-12-18(17)26-19)20(24)13-8-14-27-16-9-4-3-5-10-16/h3-7,9-12,19H,8,13-15H2,1-2H3/t19-/m0/s1. The lowest BCUT2D eigenvalue weighted by Crippen LogP contribution is -2.50. The van der Waals surface area contributed by atoms with E-state index in [0.29, 0.717) is 12.2 Å². The number of hydrogen-bond acceptors (Lipinski definition) is 4. The van der Waals surface area contributed by atoms with Crippen molar-refractivity contribution in [1.29, 1.82) is 0 Å². The van der Waals surface area contributed by atoms with Crippen LogP contribution in [0.3, 0.4) is 0 Å². The lowest BCUT2D eigenvalue weighted by atomic mass is 10.1. The third-order valence-electron chi connectivity index (χ3n) is 4.34. The number of amides is 2. The predicted molar refractivity (Wildman–Crippen MR) is 108 cm³/mol. The normalized spacial score (nSPS) is 15.6. The number of hydrogen-bond donors (Lipinski definition) is 0. The molecule has 6 heteroatoms. The van der Waals surface area contributed by atoms with Crippen LogP contribution in [0, 0.1) is 0 Å². The molecule has 0 unspecified atom stereocenters. The molecule has 0 radical (unpaired) electrons. The summed E-state index contributed by atoms with van der Waals surface area (Å²) < 4.78 is 5.83. The van der Waals surface area contributed by atoms with E-state index in [2.05, 4.69) is 12.1 Å². The van der Waals surface area contributed by atoms with Crippen LogP contribution in [0.1, 0.15) is 12.8 Å². The van der Waals surface area contributed by atoms with Crippen LogP contribution in [0.5, 0.6) is 5.75 Å². The number of likely N-dealkylation sites (N-methyl/N-ethyl adjacent to an activating group) is 1. The van der Waals surface area contributed by atoms with Crippen molar-refractivity contribution in [1.82, 2.24) is 4.90 Å². The molecule has 1 atom stereocenters. The van der Waals surface area contributed by atoms with Crippen LogP contribution >= 0.6 is 11.8 Å². The molecule has 0 bridgehead atoms. The van der Waals surface area contributed by atoms with Gasteiger partial charge in [0.05, 0.1) is 12.2 Å². The minimum Gasteiger partial charge on any atom is -0.476 e. The van der Waals surface area contributed by atoms with E-state index in [4.69, 9.17) is 4.74 Å². The third-order valence-corrected chi connectivity index (χ3v) is 5.44. The van der Waals surface area contributed by atoms with Crippen LogP contribution in [0.25, 0.3) is 0 Å². The van der Waals surface area contributed by atoms with Crippen LogP contribution in [0.15, 0.2) is 59.5 Å². The number of para-hydroxylation sites is 2. The second-order valence-corrected chi connectivity index (χ2v) is 7.74. The number of carbonyl (C=O) groups excluding carboxylic acids is 2. The molecule has 0 aromatic heterocycles. The average Bonchev–Trinajstić information content (AvgIpc) is 2.70.